The highest BCUT2D eigenvalue weighted by molar-refractivity contribution is 5.93. The summed E-state index contributed by atoms with van der Waals surface area (Å²) in [6, 6.07) is 0.317. The molecule has 5 aliphatic rings. The zero-order valence-corrected chi connectivity index (χ0v) is 15.2. The monoisotopic (exact) mass is 356 g/mol. The van der Waals surface area contributed by atoms with Gasteiger partial charge in [-0.2, -0.15) is 0 Å². The molecule has 6 rings (SSSR count). The van der Waals surface area contributed by atoms with Crippen LogP contribution in [0.2, 0.25) is 0 Å². The van der Waals surface area contributed by atoms with Gasteiger partial charge in [-0.1, -0.05) is 0 Å². The highest BCUT2D eigenvalue weighted by Crippen LogP contribution is 2.59. The Hall–Kier alpha value is -1.69. The third-order valence-electron chi connectivity index (χ3n) is 7.26. The summed E-state index contributed by atoms with van der Waals surface area (Å²) in [5.41, 5.74) is -0.101. The molecule has 6 nitrogen and oxygen atoms in total. The Morgan fingerprint density at radius 3 is 2.46 bits per heavy atom. The van der Waals surface area contributed by atoms with E-state index in [1.54, 1.807) is 0 Å². The number of hydrogen-bond donors (Lipinski definition) is 3. The van der Waals surface area contributed by atoms with Crippen LogP contribution in [0, 0.1) is 17.8 Å². The van der Waals surface area contributed by atoms with E-state index in [4.69, 9.17) is 0 Å². The van der Waals surface area contributed by atoms with Crippen molar-refractivity contribution in [3.8, 4) is 0 Å². The average molecular weight is 356 g/mol. The van der Waals surface area contributed by atoms with Crippen LogP contribution >= 0.6 is 0 Å². The Kier molecular flexibility index (Phi) is 3.92. The van der Waals surface area contributed by atoms with E-state index in [1.165, 1.54) is 25.5 Å². The number of nitrogens with zero attached hydrogens (tertiary/aromatic N) is 1. The van der Waals surface area contributed by atoms with E-state index in [0.717, 1.165) is 62.2 Å². The molecule has 1 aromatic rings. The number of carbonyl (C=O) groups is 1. The van der Waals surface area contributed by atoms with E-state index in [9.17, 15) is 9.59 Å². The number of aromatic amines is 1. The summed E-state index contributed by atoms with van der Waals surface area (Å²) in [4.78, 5) is 32.6. The molecule has 1 atom stereocenters. The minimum Gasteiger partial charge on any atom is -0.350 e. The summed E-state index contributed by atoms with van der Waals surface area (Å²) in [7, 11) is 0. The molecule has 140 valence electrons. The quantitative estimate of drug-likeness (QED) is 0.767. The van der Waals surface area contributed by atoms with Gasteiger partial charge in [0, 0.05) is 24.2 Å². The lowest BCUT2D eigenvalue weighted by atomic mass is 9.49. The summed E-state index contributed by atoms with van der Waals surface area (Å²) in [5, 5.41) is 6.22. The minimum absolute atomic E-state index is 0.0523. The lowest BCUT2D eigenvalue weighted by Crippen LogP contribution is -2.50. The fourth-order valence-electron chi connectivity index (χ4n) is 6.47. The zero-order chi connectivity index (χ0) is 17.7. The van der Waals surface area contributed by atoms with Crippen LogP contribution in [0.5, 0.6) is 0 Å². The van der Waals surface area contributed by atoms with E-state index in [2.05, 4.69) is 20.6 Å². The highest BCUT2D eigenvalue weighted by Gasteiger charge is 2.52. The molecular weight excluding hydrogens is 328 g/mol. The first kappa shape index (κ1) is 16.5. The van der Waals surface area contributed by atoms with Crippen LogP contribution in [-0.4, -0.2) is 35.0 Å². The van der Waals surface area contributed by atoms with E-state index in [0.29, 0.717) is 12.6 Å². The van der Waals surface area contributed by atoms with Crippen molar-refractivity contribution in [3.63, 3.8) is 0 Å². The Labute approximate surface area is 153 Å². The first-order chi connectivity index (χ1) is 12.6. The minimum atomic E-state index is -0.315. The van der Waals surface area contributed by atoms with Crippen molar-refractivity contribution in [1.82, 2.24) is 20.6 Å². The van der Waals surface area contributed by atoms with Crippen LogP contribution in [-0.2, 0) is 5.41 Å². The average Bonchev–Trinajstić information content (AvgIpc) is 3.12. The van der Waals surface area contributed by atoms with Crippen molar-refractivity contribution < 1.29 is 4.79 Å². The normalized spacial score (nSPS) is 37.8. The molecule has 1 saturated heterocycles. The summed E-state index contributed by atoms with van der Waals surface area (Å²) in [6.45, 7) is 1.57. The maximum absolute atomic E-state index is 12.6. The fraction of sp³-hybridized carbons (Fsp3) is 0.750. The van der Waals surface area contributed by atoms with Gasteiger partial charge in [0.2, 0.25) is 0 Å². The van der Waals surface area contributed by atoms with Crippen LogP contribution in [0.1, 0.15) is 67.5 Å². The van der Waals surface area contributed by atoms with E-state index < -0.39 is 0 Å². The molecule has 2 heterocycles. The number of rotatable bonds is 4. The molecule has 0 aromatic carbocycles. The molecule has 26 heavy (non-hydrogen) atoms. The first-order valence-corrected chi connectivity index (χ1v) is 10.2. The van der Waals surface area contributed by atoms with Gasteiger partial charge in [-0.3, -0.25) is 9.59 Å². The Balaban J connectivity index is 1.33. The van der Waals surface area contributed by atoms with Crippen molar-refractivity contribution in [2.75, 3.05) is 13.1 Å². The van der Waals surface area contributed by atoms with Crippen LogP contribution < -0.4 is 16.2 Å². The van der Waals surface area contributed by atoms with Crippen molar-refractivity contribution in [2.24, 2.45) is 17.8 Å². The van der Waals surface area contributed by atoms with Gasteiger partial charge >= 0.3 is 0 Å². The van der Waals surface area contributed by atoms with Crippen LogP contribution in [0.3, 0.4) is 0 Å². The summed E-state index contributed by atoms with van der Waals surface area (Å²) in [6.07, 6.45) is 11.3. The summed E-state index contributed by atoms with van der Waals surface area (Å²) < 4.78 is 0. The van der Waals surface area contributed by atoms with Gasteiger partial charge in [0.25, 0.3) is 11.5 Å². The molecule has 3 N–H and O–H groups in total. The molecule has 4 bridgehead atoms. The Bertz CT molecular complexity index is 730. The van der Waals surface area contributed by atoms with Gasteiger partial charge in [-0.25, -0.2) is 4.98 Å². The Morgan fingerprint density at radius 1 is 1.19 bits per heavy atom. The van der Waals surface area contributed by atoms with E-state index >= 15 is 0 Å². The van der Waals surface area contributed by atoms with Crippen LogP contribution in [0.25, 0.3) is 0 Å². The lowest BCUT2D eigenvalue weighted by Gasteiger charge is -2.56. The molecular formula is C20H28N4O2. The van der Waals surface area contributed by atoms with Crippen molar-refractivity contribution >= 4 is 5.91 Å². The summed E-state index contributed by atoms with van der Waals surface area (Å²) >= 11 is 0. The number of amides is 1. The highest BCUT2D eigenvalue weighted by atomic mass is 16.2. The molecule has 1 amide bonds. The fourth-order valence-corrected chi connectivity index (χ4v) is 6.47. The maximum Gasteiger partial charge on any atom is 0.263 e. The molecule has 4 aliphatic carbocycles. The third-order valence-corrected chi connectivity index (χ3v) is 7.26. The van der Waals surface area contributed by atoms with Gasteiger partial charge in [0.05, 0.1) is 0 Å². The number of aromatic nitrogens is 2. The Morgan fingerprint density at radius 2 is 1.88 bits per heavy atom. The lowest BCUT2D eigenvalue weighted by molar-refractivity contribution is -0.00953. The predicted molar refractivity (Wildman–Crippen MR) is 98.1 cm³/mol. The number of nitrogens with one attached hydrogen (secondary N) is 3. The SMILES string of the molecule is O=C(NC[C@@H]1CCCN1)c1cnc(C23CC4CC(CC(C4)C2)C3)[nH]c1=O. The van der Waals surface area contributed by atoms with E-state index in [1.807, 2.05) is 0 Å². The van der Waals surface area contributed by atoms with Gasteiger partial charge < -0.3 is 15.6 Å². The largest absolute Gasteiger partial charge is 0.350 e. The molecule has 0 radical (unpaired) electrons. The number of carbonyl (C=O) groups excluding carboxylic acids is 1. The van der Waals surface area contributed by atoms with Gasteiger partial charge in [0.15, 0.2) is 0 Å². The zero-order valence-electron chi connectivity index (χ0n) is 15.2. The predicted octanol–water partition coefficient (Wildman–Crippen LogP) is 1.72. The summed E-state index contributed by atoms with van der Waals surface area (Å²) in [5.74, 6) is 2.91. The first-order valence-electron chi connectivity index (χ1n) is 10.2. The van der Waals surface area contributed by atoms with Gasteiger partial charge in [0.1, 0.15) is 11.4 Å². The van der Waals surface area contributed by atoms with E-state index in [-0.39, 0.29) is 22.4 Å². The molecule has 5 fully saturated rings. The molecule has 4 saturated carbocycles. The smallest absolute Gasteiger partial charge is 0.263 e. The standard InChI is InChI=1S/C20H28N4O2/c25-17(22-10-15-2-1-3-21-15)16-11-23-19(24-18(16)26)20-7-12-4-13(8-20)6-14(5-12)9-20/h11-15,21H,1-10H2,(H,22,25)(H,23,24,26)/t12?,13?,14?,15-,20?/m0/s1. The topological polar surface area (TPSA) is 86.9 Å². The van der Waals surface area contributed by atoms with Gasteiger partial charge in [-0.15, -0.1) is 0 Å². The molecule has 0 unspecified atom stereocenters. The number of H-pyrrole nitrogens is 1. The second-order valence-corrected chi connectivity index (χ2v) is 9.18. The van der Waals surface area contributed by atoms with Crippen LogP contribution in [0.4, 0.5) is 0 Å². The van der Waals surface area contributed by atoms with Crippen LogP contribution in [0.15, 0.2) is 11.0 Å². The maximum atomic E-state index is 12.6. The third kappa shape index (κ3) is 2.79. The molecule has 0 spiro atoms. The van der Waals surface area contributed by atoms with Crippen molar-refractivity contribution in [2.45, 2.75) is 62.8 Å². The van der Waals surface area contributed by atoms with Crippen molar-refractivity contribution in [3.05, 3.63) is 27.9 Å². The molecule has 6 heteroatoms. The number of hydrogen-bond acceptors (Lipinski definition) is 4. The van der Waals surface area contributed by atoms with Crippen molar-refractivity contribution in [1.29, 1.82) is 0 Å². The second-order valence-electron chi connectivity index (χ2n) is 9.18. The molecule has 1 aliphatic heterocycles. The molecule has 1 aromatic heterocycles. The van der Waals surface area contributed by atoms with Gasteiger partial charge in [-0.05, 0) is 75.7 Å². The second kappa shape index (κ2) is 6.19.